The molecule has 7 nitrogen and oxygen atoms in total. The van der Waals surface area contributed by atoms with Gasteiger partial charge in [0, 0.05) is 23.7 Å². The van der Waals surface area contributed by atoms with Crippen LogP contribution >= 0.6 is 11.6 Å². The van der Waals surface area contributed by atoms with Crippen LogP contribution in [-0.4, -0.2) is 22.3 Å². The molecule has 0 aliphatic carbocycles. The van der Waals surface area contributed by atoms with Gasteiger partial charge in [-0.25, -0.2) is 0 Å². The summed E-state index contributed by atoms with van der Waals surface area (Å²) in [5.74, 6) is -0.399. The zero-order valence-corrected chi connectivity index (χ0v) is 18.0. The number of carbonyl (C=O) groups is 1. The molecule has 0 unspecified atom stereocenters. The van der Waals surface area contributed by atoms with Crippen LogP contribution in [0.25, 0.3) is 11.0 Å². The van der Waals surface area contributed by atoms with Gasteiger partial charge in [0.2, 0.25) is 5.76 Å². The quantitative estimate of drug-likeness (QED) is 0.303. The second kappa shape index (κ2) is 8.18. The minimum atomic E-state index is -0.725. The molecule has 8 heteroatoms. The number of amides is 1. The van der Waals surface area contributed by atoms with Gasteiger partial charge in [-0.05, 0) is 47.9 Å². The highest BCUT2D eigenvalue weighted by Crippen LogP contribution is 2.38. The number of hydrogen-bond donors (Lipinski definition) is 0. The van der Waals surface area contributed by atoms with E-state index in [0.717, 1.165) is 5.56 Å². The maximum atomic E-state index is 13.5. The molecule has 164 valence electrons. The number of non-ortho nitro benzene ring substituents is 1. The van der Waals surface area contributed by atoms with E-state index in [1.165, 1.54) is 18.2 Å². The van der Waals surface area contributed by atoms with Crippen molar-refractivity contribution < 1.29 is 14.1 Å². The predicted molar refractivity (Wildman–Crippen MR) is 124 cm³/mol. The van der Waals surface area contributed by atoms with Crippen molar-refractivity contribution >= 4 is 34.2 Å². The molecule has 1 aliphatic rings. The van der Waals surface area contributed by atoms with E-state index in [1.54, 1.807) is 29.2 Å². The molecule has 1 atom stereocenters. The van der Waals surface area contributed by atoms with E-state index < -0.39 is 16.9 Å². The fourth-order valence-electron chi connectivity index (χ4n) is 4.24. The molecule has 0 spiro atoms. The summed E-state index contributed by atoms with van der Waals surface area (Å²) in [4.78, 5) is 39.1. The molecular weight excluding hydrogens is 444 g/mol. The van der Waals surface area contributed by atoms with Crippen LogP contribution in [0.4, 0.5) is 5.69 Å². The van der Waals surface area contributed by atoms with E-state index in [2.05, 4.69) is 0 Å². The van der Waals surface area contributed by atoms with Crippen molar-refractivity contribution in [1.29, 1.82) is 0 Å². The molecule has 3 aromatic carbocycles. The number of hydrogen-bond acceptors (Lipinski definition) is 5. The zero-order valence-electron chi connectivity index (χ0n) is 17.2. The van der Waals surface area contributed by atoms with Gasteiger partial charge in [-0.1, -0.05) is 41.9 Å². The summed E-state index contributed by atoms with van der Waals surface area (Å²) in [6.07, 6.45) is 0.573. The summed E-state index contributed by atoms with van der Waals surface area (Å²) < 4.78 is 5.89. The summed E-state index contributed by atoms with van der Waals surface area (Å²) in [5.41, 5.74) is 1.72. The van der Waals surface area contributed by atoms with Crippen LogP contribution in [0.1, 0.15) is 33.3 Å². The first-order valence-corrected chi connectivity index (χ1v) is 10.7. The molecule has 0 radical (unpaired) electrons. The monoisotopic (exact) mass is 460 g/mol. The molecule has 1 aliphatic heterocycles. The standard InChI is InChI=1S/C25H17ClN2O5/c26-17-8-11-20-19(14-17)23(29)21-22(16-6-9-18(10-7-16)28(31)32)27(25(30)24(21)33-20)13-12-15-4-2-1-3-5-15/h1-11,14,22H,12-13H2/t22-/m0/s1. The predicted octanol–water partition coefficient (Wildman–Crippen LogP) is 5.14. The van der Waals surface area contributed by atoms with Gasteiger partial charge < -0.3 is 9.32 Å². The first kappa shape index (κ1) is 20.9. The van der Waals surface area contributed by atoms with Crippen molar-refractivity contribution in [2.24, 2.45) is 0 Å². The van der Waals surface area contributed by atoms with Crippen molar-refractivity contribution in [3.8, 4) is 0 Å². The largest absolute Gasteiger partial charge is 0.450 e. The van der Waals surface area contributed by atoms with E-state index >= 15 is 0 Å². The second-order valence-electron chi connectivity index (χ2n) is 7.80. The smallest absolute Gasteiger partial charge is 0.290 e. The first-order chi connectivity index (χ1) is 15.9. The van der Waals surface area contributed by atoms with E-state index in [4.69, 9.17) is 16.0 Å². The Morgan fingerprint density at radius 2 is 1.73 bits per heavy atom. The number of nitrogens with zero attached hydrogens (tertiary/aromatic N) is 2. The van der Waals surface area contributed by atoms with Gasteiger partial charge in [0.25, 0.3) is 11.6 Å². The summed E-state index contributed by atoms with van der Waals surface area (Å²) in [6, 6.07) is 19.5. The topological polar surface area (TPSA) is 93.7 Å². The van der Waals surface area contributed by atoms with Crippen LogP contribution in [0.2, 0.25) is 5.02 Å². The highest BCUT2D eigenvalue weighted by atomic mass is 35.5. The lowest BCUT2D eigenvalue weighted by Gasteiger charge is -2.25. The van der Waals surface area contributed by atoms with Gasteiger partial charge in [-0.15, -0.1) is 0 Å². The van der Waals surface area contributed by atoms with Crippen molar-refractivity contribution in [3.05, 3.63) is 121 Å². The fraction of sp³-hybridized carbons (Fsp3) is 0.120. The van der Waals surface area contributed by atoms with Crippen LogP contribution in [0.15, 0.2) is 82.0 Å². The Morgan fingerprint density at radius 3 is 2.42 bits per heavy atom. The Hall–Kier alpha value is -3.97. The third-order valence-electron chi connectivity index (χ3n) is 5.83. The van der Waals surface area contributed by atoms with Gasteiger partial charge in [0.15, 0.2) is 5.43 Å². The molecule has 0 saturated heterocycles. The molecule has 0 N–H and O–H groups in total. The Kier molecular flexibility index (Phi) is 5.18. The van der Waals surface area contributed by atoms with E-state index in [1.807, 2.05) is 30.3 Å². The lowest BCUT2D eigenvalue weighted by atomic mass is 9.98. The van der Waals surface area contributed by atoms with Gasteiger partial charge in [0.05, 0.1) is 21.9 Å². The van der Waals surface area contributed by atoms with Crippen LogP contribution < -0.4 is 5.43 Å². The molecule has 1 amide bonds. The Bertz CT molecular complexity index is 1450. The highest BCUT2D eigenvalue weighted by Gasteiger charge is 2.42. The van der Waals surface area contributed by atoms with Gasteiger partial charge >= 0.3 is 0 Å². The average Bonchev–Trinajstić information content (AvgIpc) is 3.10. The number of rotatable bonds is 5. The number of nitro groups is 1. The lowest BCUT2D eigenvalue weighted by Crippen LogP contribution is -2.31. The third-order valence-corrected chi connectivity index (χ3v) is 6.07. The van der Waals surface area contributed by atoms with Gasteiger partial charge in [-0.3, -0.25) is 19.7 Å². The second-order valence-corrected chi connectivity index (χ2v) is 8.24. The Labute approximate surface area is 193 Å². The van der Waals surface area contributed by atoms with Crippen molar-refractivity contribution in [3.63, 3.8) is 0 Å². The summed E-state index contributed by atoms with van der Waals surface area (Å²) >= 11 is 6.10. The summed E-state index contributed by atoms with van der Waals surface area (Å²) in [6.45, 7) is 0.339. The minimum absolute atomic E-state index is 0.00811. The van der Waals surface area contributed by atoms with Crippen molar-refractivity contribution in [2.75, 3.05) is 6.54 Å². The molecule has 5 rings (SSSR count). The maximum Gasteiger partial charge on any atom is 0.290 e. The maximum absolute atomic E-state index is 13.5. The molecule has 2 heterocycles. The first-order valence-electron chi connectivity index (χ1n) is 10.3. The summed E-state index contributed by atoms with van der Waals surface area (Å²) in [5, 5.41) is 11.8. The number of carbonyl (C=O) groups excluding carboxylic acids is 1. The van der Waals surface area contributed by atoms with Gasteiger partial charge in [0.1, 0.15) is 5.58 Å². The molecule has 1 aromatic heterocycles. The van der Waals surface area contributed by atoms with Crippen LogP contribution in [-0.2, 0) is 6.42 Å². The lowest BCUT2D eigenvalue weighted by molar-refractivity contribution is -0.384. The van der Waals surface area contributed by atoms with Gasteiger partial charge in [-0.2, -0.15) is 0 Å². The van der Waals surface area contributed by atoms with Crippen molar-refractivity contribution in [2.45, 2.75) is 12.5 Å². The Morgan fingerprint density at radius 1 is 1.00 bits per heavy atom. The SMILES string of the molecule is O=C1c2oc3ccc(Cl)cc3c(=O)c2[C@H](c2ccc([N+](=O)[O-])cc2)N1CCc1ccccc1. The fourth-order valence-corrected chi connectivity index (χ4v) is 4.41. The number of fused-ring (bicyclic) bond motifs is 2. The van der Waals surface area contributed by atoms with E-state index in [0.29, 0.717) is 23.6 Å². The zero-order chi connectivity index (χ0) is 23.1. The molecule has 33 heavy (non-hydrogen) atoms. The Balaban J connectivity index is 1.65. The normalized spacial score (nSPS) is 15.1. The van der Waals surface area contributed by atoms with Crippen LogP contribution in [0, 0.1) is 10.1 Å². The molecular formula is C25H17ClN2O5. The number of halogens is 1. The molecule has 4 aromatic rings. The van der Waals surface area contributed by atoms with E-state index in [-0.39, 0.29) is 33.4 Å². The van der Waals surface area contributed by atoms with Crippen LogP contribution in [0.3, 0.4) is 0 Å². The average molecular weight is 461 g/mol. The number of benzene rings is 3. The third kappa shape index (κ3) is 3.66. The van der Waals surface area contributed by atoms with Crippen molar-refractivity contribution in [1.82, 2.24) is 4.90 Å². The molecule has 0 bridgehead atoms. The molecule has 0 saturated carbocycles. The minimum Gasteiger partial charge on any atom is -0.450 e. The van der Waals surface area contributed by atoms with E-state index in [9.17, 15) is 19.7 Å². The summed E-state index contributed by atoms with van der Waals surface area (Å²) in [7, 11) is 0. The van der Waals surface area contributed by atoms with Crippen LogP contribution in [0.5, 0.6) is 0 Å². The number of nitro benzene ring substituents is 1. The highest BCUT2D eigenvalue weighted by molar-refractivity contribution is 6.31. The molecule has 0 fully saturated rings.